The summed E-state index contributed by atoms with van der Waals surface area (Å²) in [6, 6.07) is 59.5. The van der Waals surface area contributed by atoms with Crippen molar-refractivity contribution in [3.8, 4) is 67.2 Å². The number of pyridine rings is 3. The molecule has 6 aromatic carbocycles. The molecule has 0 spiro atoms. The van der Waals surface area contributed by atoms with Crippen LogP contribution in [0.3, 0.4) is 0 Å². The molecule has 0 aliphatic heterocycles. The molecule has 1 saturated carbocycles. The lowest BCUT2D eigenvalue weighted by atomic mass is 9.59. The van der Waals surface area contributed by atoms with Crippen molar-refractivity contribution in [2.24, 2.45) is 16.2 Å². The maximum absolute atomic E-state index is 5.40. The number of nitrogens with zero attached hydrogens (tertiary/aromatic N) is 3. The number of benzene rings is 6. The molecule has 3 nitrogen and oxygen atoms in total. The van der Waals surface area contributed by atoms with Gasteiger partial charge in [0.1, 0.15) is 0 Å². The van der Waals surface area contributed by atoms with E-state index in [2.05, 4.69) is 336 Å². The first-order chi connectivity index (χ1) is 44.1. The molecule has 0 saturated heterocycles. The summed E-state index contributed by atoms with van der Waals surface area (Å²) in [6.45, 7) is 57.9. The summed E-state index contributed by atoms with van der Waals surface area (Å²) in [5, 5.41) is 0. The van der Waals surface area contributed by atoms with Gasteiger partial charge in [-0.05, 0) is 211 Å². The van der Waals surface area contributed by atoms with Gasteiger partial charge in [-0.25, -0.2) is 0 Å². The van der Waals surface area contributed by atoms with E-state index in [9.17, 15) is 0 Å². The zero-order valence-electron chi connectivity index (χ0n) is 62.4. The van der Waals surface area contributed by atoms with E-state index < -0.39 is 0 Å². The maximum atomic E-state index is 5.40. The Balaban J connectivity index is 0.918. The number of rotatable bonds is 9. The molecule has 492 valence electrons. The van der Waals surface area contributed by atoms with E-state index in [1.807, 2.05) is 0 Å². The van der Waals surface area contributed by atoms with Crippen molar-refractivity contribution in [2.45, 2.75) is 247 Å². The molecule has 4 aliphatic carbocycles. The van der Waals surface area contributed by atoms with Crippen LogP contribution in [0, 0.1) is 16.2 Å². The topological polar surface area (TPSA) is 38.7 Å². The summed E-state index contributed by atoms with van der Waals surface area (Å²) in [4.78, 5) is 16.1. The van der Waals surface area contributed by atoms with Crippen molar-refractivity contribution >= 4 is 0 Å². The van der Waals surface area contributed by atoms with Gasteiger partial charge in [0.15, 0.2) is 0 Å². The Hall–Kier alpha value is -7.23. The smallest absolute Gasteiger partial charge is 0.0702 e. The summed E-state index contributed by atoms with van der Waals surface area (Å²) < 4.78 is 0. The van der Waals surface area contributed by atoms with Gasteiger partial charge in [-0.2, -0.15) is 0 Å². The SMILES string of the molecule is CC(C)(C)c1ccc(C2CC(c3ccccc3-c3ccc(-c4ccc5c(c4)C(C)(C)C(C)(C)C5(C)C)nc3)CC(c3ccc(C(C)(C)C)cc3-c3ccc(-c4ccc5c(c4)C(C)(C)C(C)(C)C5(C)C)nc3)C2)c(-c2ccc(-c3ccc4c(c3)C(C)(C)C(C)(C)C4(C)C)nc2)c1. The van der Waals surface area contributed by atoms with Crippen LogP contribution in [0.2, 0.25) is 0 Å². The van der Waals surface area contributed by atoms with Gasteiger partial charge < -0.3 is 0 Å². The van der Waals surface area contributed by atoms with Crippen LogP contribution in [-0.2, 0) is 43.3 Å². The summed E-state index contributed by atoms with van der Waals surface area (Å²) in [5.74, 6) is 0.704. The lowest BCUT2D eigenvalue weighted by molar-refractivity contribution is 0.125. The van der Waals surface area contributed by atoms with E-state index in [0.717, 1.165) is 41.9 Å². The van der Waals surface area contributed by atoms with E-state index in [4.69, 9.17) is 15.0 Å². The van der Waals surface area contributed by atoms with Crippen molar-refractivity contribution < 1.29 is 0 Å². The fraction of sp³-hybridized carbons (Fsp3) is 0.446. The summed E-state index contributed by atoms with van der Waals surface area (Å²) in [5.41, 5.74) is 29.8. The van der Waals surface area contributed by atoms with E-state index in [1.165, 1.54) is 106 Å². The largest absolute Gasteiger partial charge is 0.256 e. The first-order valence-corrected chi connectivity index (χ1v) is 35.9. The maximum Gasteiger partial charge on any atom is 0.0702 e. The first kappa shape index (κ1) is 66.4. The quantitative estimate of drug-likeness (QED) is 0.145. The second-order valence-corrected chi connectivity index (χ2v) is 36.7. The Morgan fingerprint density at radius 3 is 0.842 bits per heavy atom. The summed E-state index contributed by atoms with van der Waals surface area (Å²) in [7, 11) is 0. The van der Waals surface area contributed by atoms with Crippen molar-refractivity contribution in [3.05, 3.63) is 231 Å². The van der Waals surface area contributed by atoms with Crippen LogP contribution < -0.4 is 0 Å². The van der Waals surface area contributed by atoms with E-state index in [0.29, 0.717) is 0 Å². The number of aromatic nitrogens is 3. The third kappa shape index (κ3) is 10.1. The van der Waals surface area contributed by atoms with Crippen LogP contribution in [0.25, 0.3) is 67.2 Å². The van der Waals surface area contributed by atoms with Crippen LogP contribution in [0.1, 0.15) is 264 Å². The Morgan fingerprint density at radius 1 is 0.274 bits per heavy atom. The average molecular weight is 1260 g/mol. The number of fused-ring (bicyclic) bond motifs is 3. The fourth-order valence-corrected chi connectivity index (χ4v) is 18.3. The Bertz CT molecular complexity index is 4280. The highest BCUT2D eigenvalue weighted by Crippen LogP contribution is 2.65. The van der Waals surface area contributed by atoms with Gasteiger partial charge in [0.25, 0.3) is 0 Å². The average Bonchev–Trinajstić information content (AvgIpc) is 1.55. The lowest BCUT2D eigenvalue weighted by Gasteiger charge is -2.44. The summed E-state index contributed by atoms with van der Waals surface area (Å²) in [6.07, 6.45) is 9.53. The molecule has 4 aliphatic rings. The minimum Gasteiger partial charge on any atom is -0.256 e. The van der Waals surface area contributed by atoms with E-state index >= 15 is 0 Å². The summed E-state index contributed by atoms with van der Waals surface area (Å²) >= 11 is 0. The van der Waals surface area contributed by atoms with Crippen LogP contribution in [-0.4, -0.2) is 15.0 Å². The standard InChI is InChI=1S/C92H109N3/c1-82(2,3)65-35-37-69(71(51-65)60-33-43-80(94-54-60)57-30-40-74-77(49-57)88(15,16)91(21,22)85(74,9)10)63-45-62(68-28-26-25-27-67(68)59-32-42-79(93-53-59)56-29-39-73-76(48-56)87(13,14)90(19,20)84(73,7)8)46-64(47-63)70-38-36-66(83(4,5)6)52-72(70)61-34-44-81(95-55-61)58-31-41-75-78(50-58)89(17,18)92(23,24)86(75,11)12/h25-44,48-55,62-64H,45-47H2,1-24H3. The predicted octanol–water partition coefficient (Wildman–Crippen LogP) is 25.1. The number of hydrogen-bond acceptors (Lipinski definition) is 3. The second-order valence-electron chi connectivity index (χ2n) is 36.7. The van der Waals surface area contributed by atoms with Crippen LogP contribution in [0.4, 0.5) is 0 Å². The normalized spacial score (nSPS) is 22.0. The van der Waals surface area contributed by atoms with Gasteiger partial charge in [-0.15, -0.1) is 0 Å². The molecule has 9 aromatic rings. The molecule has 3 aromatic heterocycles. The molecular weight excluding hydrogens is 1150 g/mol. The monoisotopic (exact) mass is 1260 g/mol. The van der Waals surface area contributed by atoms with Crippen LogP contribution in [0.15, 0.2) is 170 Å². The molecule has 1 fully saturated rings. The van der Waals surface area contributed by atoms with Gasteiger partial charge in [0.05, 0.1) is 17.1 Å². The third-order valence-corrected chi connectivity index (χ3v) is 28.4. The molecule has 3 heterocycles. The van der Waals surface area contributed by atoms with Crippen molar-refractivity contribution in [2.75, 3.05) is 0 Å². The van der Waals surface area contributed by atoms with E-state index in [-0.39, 0.29) is 77.3 Å². The zero-order chi connectivity index (χ0) is 68.6. The van der Waals surface area contributed by atoms with Crippen molar-refractivity contribution in [3.63, 3.8) is 0 Å². The Morgan fingerprint density at radius 2 is 0.547 bits per heavy atom. The van der Waals surface area contributed by atoms with Crippen LogP contribution >= 0.6 is 0 Å². The molecule has 2 unspecified atom stereocenters. The molecule has 0 bridgehead atoms. The molecular formula is C92H109N3. The highest BCUT2D eigenvalue weighted by molar-refractivity contribution is 5.76. The van der Waals surface area contributed by atoms with E-state index in [1.54, 1.807) is 0 Å². The molecule has 0 N–H and O–H groups in total. The van der Waals surface area contributed by atoms with Gasteiger partial charge in [0.2, 0.25) is 0 Å². The van der Waals surface area contributed by atoms with Crippen molar-refractivity contribution in [1.29, 1.82) is 0 Å². The molecule has 2 atom stereocenters. The molecule has 13 rings (SSSR count). The second kappa shape index (κ2) is 21.9. The van der Waals surface area contributed by atoms with Gasteiger partial charge in [0, 0.05) is 52.0 Å². The predicted molar refractivity (Wildman–Crippen MR) is 404 cm³/mol. The molecule has 0 amide bonds. The van der Waals surface area contributed by atoms with Gasteiger partial charge in [-0.1, -0.05) is 281 Å². The number of hydrogen-bond donors (Lipinski definition) is 0. The fourth-order valence-electron chi connectivity index (χ4n) is 18.3. The minimum absolute atomic E-state index is 0.00516. The Labute approximate surface area is 572 Å². The lowest BCUT2D eigenvalue weighted by Crippen LogP contribution is -2.42. The third-order valence-electron chi connectivity index (χ3n) is 28.4. The zero-order valence-corrected chi connectivity index (χ0v) is 62.4. The minimum atomic E-state index is -0.0528. The van der Waals surface area contributed by atoms with Gasteiger partial charge in [-0.3, -0.25) is 15.0 Å². The highest BCUT2D eigenvalue weighted by Gasteiger charge is 2.59. The molecule has 95 heavy (non-hydrogen) atoms. The first-order valence-electron chi connectivity index (χ1n) is 35.9. The van der Waals surface area contributed by atoms with Gasteiger partial charge >= 0.3 is 0 Å². The highest BCUT2D eigenvalue weighted by atomic mass is 14.7. The van der Waals surface area contributed by atoms with Crippen LogP contribution in [0.5, 0.6) is 0 Å². The molecule has 3 heteroatoms. The molecule has 0 radical (unpaired) electrons. The Kier molecular flexibility index (Phi) is 15.3. The van der Waals surface area contributed by atoms with Crippen molar-refractivity contribution in [1.82, 2.24) is 15.0 Å².